The summed E-state index contributed by atoms with van der Waals surface area (Å²) in [7, 11) is 3.40. The molecule has 2 fully saturated rings. The van der Waals surface area contributed by atoms with Crippen LogP contribution in [-0.4, -0.2) is 84.3 Å². The van der Waals surface area contributed by atoms with Gasteiger partial charge >= 0.3 is 6.09 Å². The van der Waals surface area contributed by atoms with Crippen molar-refractivity contribution in [2.45, 2.75) is 97.2 Å². The van der Waals surface area contributed by atoms with Gasteiger partial charge in [-0.2, -0.15) is 0 Å². The monoisotopic (exact) mass is 620 g/mol. The van der Waals surface area contributed by atoms with E-state index in [2.05, 4.69) is 15.2 Å². The number of ether oxygens (including phenoxy) is 2. The molecule has 1 saturated heterocycles. The summed E-state index contributed by atoms with van der Waals surface area (Å²) in [5.74, 6) is 1.90. The van der Waals surface area contributed by atoms with Crippen molar-refractivity contribution in [1.82, 2.24) is 20.2 Å². The van der Waals surface area contributed by atoms with Gasteiger partial charge in [-0.3, -0.25) is 9.59 Å². The number of carbonyl (C=O) groups excluding carboxylic acids is 3. The molecule has 11 heteroatoms. The van der Waals surface area contributed by atoms with E-state index in [9.17, 15) is 14.4 Å². The van der Waals surface area contributed by atoms with Gasteiger partial charge in [-0.25, -0.2) is 14.8 Å². The molecule has 0 radical (unpaired) electrons. The van der Waals surface area contributed by atoms with E-state index in [1.54, 1.807) is 42.3 Å². The first-order valence-corrected chi connectivity index (χ1v) is 16.1. The normalized spacial score (nSPS) is 19.3. The first-order valence-electron chi connectivity index (χ1n) is 16.1. The highest BCUT2D eigenvalue weighted by atomic mass is 16.6. The predicted octanol–water partition coefficient (Wildman–Crippen LogP) is 4.96. The van der Waals surface area contributed by atoms with Crippen LogP contribution in [0.3, 0.4) is 0 Å². The van der Waals surface area contributed by atoms with E-state index in [0.717, 1.165) is 29.9 Å². The fourth-order valence-electron chi connectivity index (χ4n) is 6.59. The highest BCUT2D eigenvalue weighted by Crippen LogP contribution is 2.40. The maximum atomic E-state index is 13.3. The van der Waals surface area contributed by atoms with Crippen molar-refractivity contribution in [2.24, 2.45) is 5.41 Å². The van der Waals surface area contributed by atoms with Crippen LogP contribution in [0.2, 0.25) is 0 Å². The van der Waals surface area contributed by atoms with Crippen LogP contribution in [0, 0.1) is 5.41 Å². The maximum Gasteiger partial charge on any atom is 0.410 e. The second kappa shape index (κ2) is 12.8. The Balaban J connectivity index is 1.28. The van der Waals surface area contributed by atoms with E-state index >= 15 is 0 Å². The standard InChI is InChI=1S/C34H48N6O5/c1-33(2,3)45-32(43)39-16-14-24(15-17-39)36-30(41)23-13-12-22(27(18-23)44-7)19-28-35-20-26-29(37-28)40(25-10-8-9-11-25)21-34(4,5)31(42)38(26)6/h12-13,18,20,24-25H,8-11,14-17,19,21H2,1-7H3,(H,36,41). The molecule has 1 aliphatic carbocycles. The number of aromatic nitrogens is 2. The second-order valence-electron chi connectivity index (χ2n) is 14.2. The number of piperidine rings is 1. The molecular formula is C34H48N6O5. The summed E-state index contributed by atoms with van der Waals surface area (Å²) in [6, 6.07) is 5.76. The van der Waals surface area contributed by atoms with Crippen molar-refractivity contribution in [3.8, 4) is 5.75 Å². The van der Waals surface area contributed by atoms with E-state index in [4.69, 9.17) is 14.5 Å². The molecule has 5 rings (SSSR count). The van der Waals surface area contributed by atoms with Crippen LogP contribution in [-0.2, 0) is 16.0 Å². The number of likely N-dealkylation sites (tertiary alicyclic amines) is 1. The lowest BCUT2D eigenvalue weighted by molar-refractivity contribution is -0.125. The molecule has 45 heavy (non-hydrogen) atoms. The number of carbonyl (C=O) groups is 3. The maximum absolute atomic E-state index is 13.3. The minimum Gasteiger partial charge on any atom is -0.496 e. The predicted molar refractivity (Wildman–Crippen MR) is 173 cm³/mol. The molecule has 3 aliphatic rings. The number of nitrogens with one attached hydrogen (secondary N) is 1. The first kappa shape index (κ1) is 32.5. The van der Waals surface area contributed by atoms with Gasteiger partial charge in [-0.05, 0) is 72.4 Å². The average Bonchev–Trinajstić information content (AvgIpc) is 3.51. The molecule has 2 aliphatic heterocycles. The third-order valence-corrected chi connectivity index (χ3v) is 9.03. The number of hydrogen-bond donors (Lipinski definition) is 1. The number of fused-ring (bicyclic) bond motifs is 1. The van der Waals surface area contributed by atoms with Crippen molar-refractivity contribution in [1.29, 1.82) is 0 Å². The SMILES string of the molecule is COc1cc(C(=O)NC2CCN(C(=O)OC(C)(C)C)CC2)ccc1Cc1ncc2c(n1)N(C1CCCC1)CC(C)(C)C(=O)N2C. The second-order valence-corrected chi connectivity index (χ2v) is 14.2. The zero-order chi connectivity index (χ0) is 32.5. The zero-order valence-electron chi connectivity index (χ0n) is 27.8. The summed E-state index contributed by atoms with van der Waals surface area (Å²) in [4.78, 5) is 54.3. The molecule has 0 unspecified atom stereocenters. The molecule has 3 heterocycles. The molecule has 0 bridgehead atoms. The number of rotatable bonds is 6. The van der Waals surface area contributed by atoms with Crippen LogP contribution in [0.15, 0.2) is 24.4 Å². The number of anilines is 2. The molecule has 11 nitrogen and oxygen atoms in total. The minimum atomic E-state index is -0.549. The molecule has 1 N–H and O–H groups in total. The number of benzene rings is 1. The summed E-state index contributed by atoms with van der Waals surface area (Å²) in [5.41, 5.74) is 1.01. The van der Waals surface area contributed by atoms with Gasteiger partial charge in [0.2, 0.25) is 5.91 Å². The molecule has 0 spiro atoms. The Labute approximate surface area is 266 Å². The summed E-state index contributed by atoms with van der Waals surface area (Å²) in [6.45, 7) is 11.2. The number of amides is 3. The summed E-state index contributed by atoms with van der Waals surface area (Å²) < 4.78 is 11.2. The van der Waals surface area contributed by atoms with Gasteiger partial charge in [0.15, 0.2) is 5.82 Å². The van der Waals surface area contributed by atoms with Gasteiger partial charge in [0.25, 0.3) is 5.91 Å². The smallest absolute Gasteiger partial charge is 0.410 e. The van der Waals surface area contributed by atoms with E-state index in [1.807, 2.05) is 40.7 Å². The van der Waals surface area contributed by atoms with Crippen molar-refractivity contribution >= 4 is 29.4 Å². The van der Waals surface area contributed by atoms with Crippen LogP contribution in [0.5, 0.6) is 5.75 Å². The highest BCUT2D eigenvalue weighted by molar-refractivity contribution is 6.00. The lowest BCUT2D eigenvalue weighted by Gasteiger charge is -2.34. The summed E-state index contributed by atoms with van der Waals surface area (Å²) in [5, 5.41) is 3.11. The Kier molecular flexibility index (Phi) is 9.28. The van der Waals surface area contributed by atoms with Crippen LogP contribution < -0.4 is 19.9 Å². The largest absolute Gasteiger partial charge is 0.496 e. The Hall–Kier alpha value is -3.89. The van der Waals surface area contributed by atoms with Crippen LogP contribution in [0.1, 0.15) is 94.9 Å². The van der Waals surface area contributed by atoms with Gasteiger partial charge in [0.05, 0.1) is 18.7 Å². The van der Waals surface area contributed by atoms with Gasteiger partial charge in [0.1, 0.15) is 22.9 Å². The molecule has 1 saturated carbocycles. The number of methoxy groups -OCH3 is 1. The van der Waals surface area contributed by atoms with Gasteiger partial charge in [-0.15, -0.1) is 0 Å². The minimum absolute atomic E-state index is 0.0346. The molecule has 1 aromatic heterocycles. The molecule has 244 valence electrons. The Morgan fingerprint density at radius 2 is 1.78 bits per heavy atom. The van der Waals surface area contributed by atoms with Crippen LogP contribution in [0.25, 0.3) is 0 Å². The van der Waals surface area contributed by atoms with Crippen molar-refractivity contribution < 1.29 is 23.9 Å². The van der Waals surface area contributed by atoms with Crippen molar-refractivity contribution in [3.05, 3.63) is 41.3 Å². The summed E-state index contributed by atoms with van der Waals surface area (Å²) >= 11 is 0. The summed E-state index contributed by atoms with van der Waals surface area (Å²) in [6.07, 6.45) is 7.73. The van der Waals surface area contributed by atoms with E-state index < -0.39 is 11.0 Å². The molecule has 3 amide bonds. The van der Waals surface area contributed by atoms with E-state index in [0.29, 0.717) is 62.1 Å². The lowest BCUT2D eigenvalue weighted by Crippen LogP contribution is -2.47. The lowest BCUT2D eigenvalue weighted by atomic mass is 9.91. The van der Waals surface area contributed by atoms with E-state index in [1.165, 1.54) is 12.8 Å². The van der Waals surface area contributed by atoms with Crippen LogP contribution in [0.4, 0.5) is 16.3 Å². The van der Waals surface area contributed by atoms with Crippen molar-refractivity contribution in [3.63, 3.8) is 0 Å². The molecular weight excluding hydrogens is 572 g/mol. The highest BCUT2D eigenvalue weighted by Gasteiger charge is 2.41. The Bertz CT molecular complexity index is 1420. The zero-order valence-corrected chi connectivity index (χ0v) is 27.8. The quantitative estimate of drug-likeness (QED) is 0.482. The average molecular weight is 621 g/mol. The number of nitrogens with zero attached hydrogens (tertiary/aromatic N) is 5. The van der Waals surface area contributed by atoms with E-state index in [-0.39, 0.29) is 23.9 Å². The molecule has 0 atom stereocenters. The molecule has 1 aromatic carbocycles. The van der Waals surface area contributed by atoms with Crippen molar-refractivity contribution in [2.75, 3.05) is 43.6 Å². The Morgan fingerprint density at radius 1 is 1.09 bits per heavy atom. The van der Waals surface area contributed by atoms with Crippen LogP contribution >= 0.6 is 0 Å². The fraction of sp³-hybridized carbons (Fsp3) is 0.618. The first-order chi connectivity index (χ1) is 21.3. The molecule has 2 aromatic rings. The third-order valence-electron chi connectivity index (χ3n) is 9.03. The van der Waals surface area contributed by atoms with Gasteiger partial charge in [0, 0.05) is 56.3 Å². The third kappa shape index (κ3) is 7.34. The topological polar surface area (TPSA) is 117 Å². The fourth-order valence-corrected chi connectivity index (χ4v) is 6.59. The van der Waals surface area contributed by atoms with Gasteiger partial charge < -0.3 is 29.5 Å². The number of hydrogen-bond acceptors (Lipinski definition) is 8. The van der Waals surface area contributed by atoms with Gasteiger partial charge in [-0.1, -0.05) is 18.9 Å². The Morgan fingerprint density at radius 3 is 2.42 bits per heavy atom.